The first-order chi connectivity index (χ1) is 8.55. The van der Waals surface area contributed by atoms with Gasteiger partial charge in [0.2, 0.25) is 10.0 Å². The first-order valence-corrected chi connectivity index (χ1v) is 7.67. The fourth-order valence-corrected chi connectivity index (χ4v) is 3.33. The van der Waals surface area contributed by atoms with Gasteiger partial charge < -0.3 is 5.11 Å². The molecule has 0 radical (unpaired) electrons. The first kappa shape index (κ1) is 13.5. The molecule has 0 aliphatic heterocycles. The Hall–Kier alpha value is -0.910. The minimum absolute atomic E-state index is 0.157. The van der Waals surface area contributed by atoms with Crippen LogP contribution in [0.5, 0.6) is 0 Å². The standard InChI is InChI=1S/C13H19NO3S/c1-14(12-6-7-12)18(16,17)13-8-4-11(5-9-13)3-2-10-15/h4-5,8-9,12,15H,2-3,6-7,10H2,1H3. The van der Waals surface area contributed by atoms with Crippen molar-refractivity contribution in [2.45, 2.75) is 36.6 Å². The van der Waals surface area contributed by atoms with E-state index in [-0.39, 0.29) is 12.6 Å². The summed E-state index contributed by atoms with van der Waals surface area (Å²) in [6, 6.07) is 7.14. The molecule has 1 aliphatic rings. The smallest absolute Gasteiger partial charge is 0.243 e. The second-order valence-corrected chi connectivity index (χ2v) is 6.72. The minimum Gasteiger partial charge on any atom is -0.396 e. The lowest BCUT2D eigenvalue weighted by atomic mass is 10.1. The number of nitrogens with zero attached hydrogens (tertiary/aromatic N) is 1. The predicted molar refractivity (Wildman–Crippen MR) is 69.8 cm³/mol. The second-order valence-electron chi connectivity index (χ2n) is 4.72. The molecular weight excluding hydrogens is 250 g/mol. The van der Waals surface area contributed by atoms with Crippen LogP contribution in [-0.4, -0.2) is 37.5 Å². The number of hydrogen-bond donors (Lipinski definition) is 1. The van der Waals surface area contributed by atoms with E-state index in [0.29, 0.717) is 11.3 Å². The minimum atomic E-state index is -3.33. The van der Waals surface area contributed by atoms with Gasteiger partial charge in [0.1, 0.15) is 0 Å². The molecule has 4 nitrogen and oxygen atoms in total. The van der Waals surface area contributed by atoms with E-state index >= 15 is 0 Å². The SMILES string of the molecule is CN(C1CC1)S(=O)(=O)c1ccc(CCCO)cc1. The largest absolute Gasteiger partial charge is 0.396 e. The highest BCUT2D eigenvalue weighted by molar-refractivity contribution is 7.89. The van der Waals surface area contributed by atoms with Crippen molar-refractivity contribution in [2.75, 3.05) is 13.7 Å². The number of benzene rings is 1. The van der Waals surface area contributed by atoms with Gasteiger partial charge in [-0.2, -0.15) is 4.31 Å². The Kier molecular flexibility index (Phi) is 4.04. The molecule has 0 amide bonds. The van der Waals surface area contributed by atoms with E-state index < -0.39 is 10.0 Å². The van der Waals surface area contributed by atoms with Crippen LogP contribution in [0.3, 0.4) is 0 Å². The van der Waals surface area contributed by atoms with E-state index in [9.17, 15) is 8.42 Å². The molecule has 1 saturated carbocycles. The van der Waals surface area contributed by atoms with Crippen LogP contribution >= 0.6 is 0 Å². The maximum Gasteiger partial charge on any atom is 0.243 e. The van der Waals surface area contributed by atoms with Crippen molar-refractivity contribution < 1.29 is 13.5 Å². The summed E-state index contributed by atoms with van der Waals surface area (Å²) < 4.78 is 25.9. The van der Waals surface area contributed by atoms with Crippen LogP contribution in [-0.2, 0) is 16.4 Å². The van der Waals surface area contributed by atoms with Gasteiger partial charge in [-0.1, -0.05) is 12.1 Å². The molecule has 1 aromatic rings. The topological polar surface area (TPSA) is 57.6 Å². The van der Waals surface area contributed by atoms with E-state index in [4.69, 9.17) is 5.11 Å². The molecule has 100 valence electrons. The summed E-state index contributed by atoms with van der Waals surface area (Å²) in [7, 11) is -1.68. The van der Waals surface area contributed by atoms with Gasteiger partial charge in [-0.15, -0.1) is 0 Å². The van der Waals surface area contributed by atoms with Crippen molar-refractivity contribution in [1.29, 1.82) is 0 Å². The molecule has 2 rings (SSSR count). The third-order valence-corrected chi connectivity index (χ3v) is 5.21. The van der Waals surface area contributed by atoms with Gasteiger partial charge in [0.05, 0.1) is 4.90 Å². The summed E-state index contributed by atoms with van der Waals surface area (Å²) in [5.74, 6) is 0. The molecule has 0 atom stereocenters. The van der Waals surface area contributed by atoms with Gasteiger partial charge in [0.25, 0.3) is 0 Å². The lowest BCUT2D eigenvalue weighted by Gasteiger charge is -2.16. The van der Waals surface area contributed by atoms with E-state index in [1.165, 1.54) is 4.31 Å². The van der Waals surface area contributed by atoms with Gasteiger partial charge in [0.15, 0.2) is 0 Å². The predicted octanol–water partition coefficient (Wildman–Crippen LogP) is 1.39. The van der Waals surface area contributed by atoms with Crippen LogP contribution in [0, 0.1) is 0 Å². The van der Waals surface area contributed by atoms with E-state index in [0.717, 1.165) is 24.8 Å². The normalized spacial score (nSPS) is 16.2. The Balaban J connectivity index is 2.13. The zero-order valence-corrected chi connectivity index (χ0v) is 11.4. The average molecular weight is 269 g/mol. The maximum absolute atomic E-state index is 12.2. The lowest BCUT2D eigenvalue weighted by molar-refractivity contribution is 0.288. The van der Waals surface area contributed by atoms with Crippen LogP contribution in [0.1, 0.15) is 24.8 Å². The molecule has 18 heavy (non-hydrogen) atoms. The van der Waals surface area contributed by atoms with Gasteiger partial charge in [-0.3, -0.25) is 0 Å². The molecule has 1 N–H and O–H groups in total. The van der Waals surface area contributed by atoms with Gasteiger partial charge in [0, 0.05) is 19.7 Å². The second kappa shape index (κ2) is 5.38. The Morgan fingerprint density at radius 3 is 2.39 bits per heavy atom. The van der Waals surface area contributed by atoms with Gasteiger partial charge in [-0.25, -0.2) is 8.42 Å². The lowest BCUT2D eigenvalue weighted by Crippen LogP contribution is -2.28. The van der Waals surface area contributed by atoms with E-state index in [1.807, 2.05) is 12.1 Å². The Morgan fingerprint density at radius 1 is 1.28 bits per heavy atom. The average Bonchev–Trinajstić information content (AvgIpc) is 3.20. The van der Waals surface area contributed by atoms with Crippen molar-refractivity contribution >= 4 is 10.0 Å². The zero-order chi connectivity index (χ0) is 13.2. The van der Waals surface area contributed by atoms with Crippen LogP contribution < -0.4 is 0 Å². The molecule has 0 bridgehead atoms. The third kappa shape index (κ3) is 2.91. The molecular formula is C13H19NO3S. The molecule has 0 saturated heterocycles. The van der Waals surface area contributed by atoms with E-state index in [1.54, 1.807) is 19.2 Å². The molecule has 5 heteroatoms. The Morgan fingerprint density at radius 2 is 1.89 bits per heavy atom. The first-order valence-electron chi connectivity index (χ1n) is 6.23. The van der Waals surface area contributed by atoms with Crippen LogP contribution in [0.4, 0.5) is 0 Å². The van der Waals surface area contributed by atoms with Gasteiger partial charge in [-0.05, 0) is 43.4 Å². The number of hydrogen-bond acceptors (Lipinski definition) is 3. The maximum atomic E-state index is 12.2. The molecule has 1 fully saturated rings. The number of aryl methyl sites for hydroxylation is 1. The fourth-order valence-electron chi connectivity index (χ4n) is 1.91. The van der Waals surface area contributed by atoms with Crippen LogP contribution in [0.2, 0.25) is 0 Å². The zero-order valence-electron chi connectivity index (χ0n) is 10.5. The monoisotopic (exact) mass is 269 g/mol. The highest BCUT2D eigenvalue weighted by Gasteiger charge is 2.34. The number of sulfonamides is 1. The summed E-state index contributed by atoms with van der Waals surface area (Å²) in [4.78, 5) is 0.352. The Bertz CT molecular complexity index is 491. The molecule has 0 spiro atoms. The highest BCUT2D eigenvalue weighted by atomic mass is 32.2. The van der Waals surface area contributed by atoms with E-state index in [2.05, 4.69) is 0 Å². The number of rotatable bonds is 6. The van der Waals surface area contributed by atoms with Crippen molar-refractivity contribution in [3.8, 4) is 0 Å². The van der Waals surface area contributed by atoms with Crippen molar-refractivity contribution in [2.24, 2.45) is 0 Å². The van der Waals surface area contributed by atoms with Crippen LogP contribution in [0.15, 0.2) is 29.2 Å². The highest BCUT2D eigenvalue weighted by Crippen LogP contribution is 2.30. The van der Waals surface area contributed by atoms with Crippen LogP contribution in [0.25, 0.3) is 0 Å². The number of aliphatic hydroxyl groups is 1. The summed E-state index contributed by atoms with van der Waals surface area (Å²) >= 11 is 0. The van der Waals surface area contributed by atoms with Gasteiger partial charge >= 0.3 is 0 Å². The summed E-state index contributed by atoms with van der Waals surface area (Å²) in [5.41, 5.74) is 1.05. The fraction of sp³-hybridized carbons (Fsp3) is 0.538. The molecule has 1 aromatic carbocycles. The molecule has 0 unspecified atom stereocenters. The van der Waals surface area contributed by atoms with Crippen molar-refractivity contribution in [3.63, 3.8) is 0 Å². The summed E-state index contributed by atoms with van der Waals surface area (Å²) in [5, 5.41) is 8.75. The van der Waals surface area contributed by atoms with Crippen molar-refractivity contribution in [1.82, 2.24) is 4.31 Å². The molecule has 0 heterocycles. The number of aliphatic hydroxyl groups excluding tert-OH is 1. The molecule has 0 aromatic heterocycles. The molecule has 1 aliphatic carbocycles. The summed E-state index contributed by atoms with van der Waals surface area (Å²) in [6.07, 6.45) is 3.40. The van der Waals surface area contributed by atoms with Crippen molar-refractivity contribution in [3.05, 3.63) is 29.8 Å². The quantitative estimate of drug-likeness (QED) is 0.849. The third-order valence-electron chi connectivity index (χ3n) is 3.28. The summed E-state index contributed by atoms with van der Waals surface area (Å²) in [6.45, 7) is 0.157. The Labute approximate surface area is 108 Å².